The van der Waals surface area contributed by atoms with E-state index in [2.05, 4.69) is 18.2 Å². The Morgan fingerprint density at radius 1 is 1.17 bits per heavy atom. The van der Waals surface area contributed by atoms with Crippen LogP contribution in [0.5, 0.6) is 5.75 Å². The normalized spacial score (nSPS) is 21.5. The van der Waals surface area contributed by atoms with Crippen LogP contribution in [-0.2, 0) is 23.3 Å². The van der Waals surface area contributed by atoms with Crippen LogP contribution in [0.1, 0.15) is 23.6 Å². The van der Waals surface area contributed by atoms with E-state index in [1.807, 2.05) is 37.3 Å². The Balaban J connectivity index is 1.75. The van der Waals surface area contributed by atoms with Crippen molar-refractivity contribution in [1.82, 2.24) is 4.90 Å². The highest BCUT2D eigenvalue weighted by atomic mass is 16.6. The third kappa shape index (κ3) is 2.25. The summed E-state index contributed by atoms with van der Waals surface area (Å²) in [6, 6.07) is 16.3. The fourth-order valence-electron chi connectivity index (χ4n) is 3.64. The van der Waals surface area contributed by atoms with Crippen molar-refractivity contribution >= 4 is 6.09 Å². The second-order valence-corrected chi connectivity index (χ2v) is 6.09. The molecular weight excluding hydrogens is 290 g/mol. The quantitative estimate of drug-likeness (QED) is 0.809. The highest BCUT2D eigenvalue weighted by Crippen LogP contribution is 2.45. The van der Waals surface area contributed by atoms with Crippen molar-refractivity contribution in [2.45, 2.75) is 25.5 Å². The van der Waals surface area contributed by atoms with Crippen molar-refractivity contribution in [2.75, 3.05) is 13.2 Å². The maximum Gasteiger partial charge on any atom is 0.410 e. The van der Waals surface area contributed by atoms with E-state index < -0.39 is 5.60 Å². The summed E-state index contributed by atoms with van der Waals surface area (Å²) in [5.74, 6) is 0.910. The van der Waals surface area contributed by atoms with Gasteiger partial charge in [0.1, 0.15) is 5.75 Å². The van der Waals surface area contributed by atoms with Gasteiger partial charge >= 0.3 is 6.09 Å². The zero-order valence-electron chi connectivity index (χ0n) is 13.1. The first kappa shape index (κ1) is 14.1. The van der Waals surface area contributed by atoms with E-state index in [1.165, 1.54) is 11.1 Å². The largest absolute Gasteiger partial charge is 0.480 e. The molecule has 4 nitrogen and oxygen atoms in total. The molecule has 1 spiro atoms. The minimum Gasteiger partial charge on any atom is -0.480 e. The maximum atomic E-state index is 12.3. The molecule has 0 aliphatic carbocycles. The van der Waals surface area contributed by atoms with Crippen LogP contribution in [0.2, 0.25) is 0 Å². The smallest absolute Gasteiger partial charge is 0.410 e. The second kappa shape index (κ2) is 5.30. The van der Waals surface area contributed by atoms with Gasteiger partial charge in [0.2, 0.25) is 0 Å². The third-order valence-electron chi connectivity index (χ3n) is 4.60. The highest BCUT2D eigenvalue weighted by Gasteiger charge is 2.47. The lowest BCUT2D eigenvalue weighted by Gasteiger charge is -2.40. The number of rotatable bonds is 1. The summed E-state index contributed by atoms with van der Waals surface area (Å²) >= 11 is 0. The summed E-state index contributed by atoms with van der Waals surface area (Å²) in [7, 11) is 0. The molecule has 23 heavy (non-hydrogen) atoms. The highest BCUT2D eigenvalue weighted by molar-refractivity contribution is 5.69. The zero-order chi connectivity index (χ0) is 15.9. The van der Waals surface area contributed by atoms with Crippen LogP contribution in [0, 0.1) is 0 Å². The van der Waals surface area contributed by atoms with E-state index in [0.717, 1.165) is 17.7 Å². The predicted octanol–water partition coefficient (Wildman–Crippen LogP) is 3.49. The Labute approximate surface area is 135 Å². The van der Waals surface area contributed by atoms with Crippen molar-refractivity contribution in [3.8, 4) is 5.75 Å². The summed E-state index contributed by atoms with van der Waals surface area (Å²) in [4.78, 5) is 14.0. The molecule has 0 N–H and O–H groups in total. The van der Waals surface area contributed by atoms with Crippen LogP contribution in [0.4, 0.5) is 4.79 Å². The number of hydrogen-bond acceptors (Lipinski definition) is 3. The average Bonchev–Trinajstić information content (AvgIpc) is 2.93. The number of para-hydroxylation sites is 1. The maximum absolute atomic E-state index is 12.3. The summed E-state index contributed by atoms with van der Waals surface area (Å²) in [5.41, 5.74) is 2.98. The van der Waals surface area contributed by atoms with E-state index in [1.54, 1.807) is 4.90 Å². The fraction of sp³-hybridized carbons (Fsp3) is 0.316. The minimum atomic E-state index is -0.509. The topological polar surface area (TPSA) is 38.8 Å². The molecule has 1 unspecified atom stereocenters. The Kier molecular flexibility index (Phi) is 3.26. The summed E-state index contributed by atoms with van der Waals surface area (Å²) in [6.07, 6.45) is 0.497. The number of hydrogen-bond donors (Lipinski definition) is 0. The average molecular weight is 309 g/mol. The van der Waals surface area contributed by atoms with Crippen LogP contribution in [0.15, 0.2) is 48.5 Å². The Hall–Kier alpha value is -2.49. The molecule has 0 saturated carbocycles. The number of amides is 1. The van der Waals surface area contributed by atoms with Crippen molar-refractivity contribution in [1.29, 1.82) is 0 Å². The fourth-order valence-corrected chi connectivity index (χ4v) is 3.64. The molecule has 2 heterocycles. The minimum absolute atomic E-state index is 0.277. The van der Waals surface area contributed by atoms with Gasteiger partial charge in [-0.2, -0.15) is 0 Å². The molecule has 2 aliphatic heterocycles. The number of carbonyl (C=O) groups excluding carboxylic acids is 1. The van der Waals surface area contributed by atoms with Crippen LogP contribution in [0.25, 0.3) is 0 Å². The molecule has 0 saturated heterocycles. The Bertz CT molecular complexity index is 731. The molecule has 0 bridgehead atoms. The number of ether oxygens (including phenoxy) is 2. The molecule has 2 aliphatic rings. The molecule has 4 heteroatoms. The lowest BCUT2D eigenvalue weighted by atomic mass is 9.82. The lowest BCUT2D eigenvalue weighted by Crippen LogP contribution is -2.50. The molecule has 0 aromatic heterocycles. The summed E-state index contributed by atoms with van der Waals surface area (Å²) in [6.45, 7) is 3.28. The van der Waals surface area contributed by atoms with Gasteiger partial charge in [0, 0.05) is 18.5 Å². The van der Waals surface area contributed by atoms with Gasteiger partial charge in [-0.05, 0) is 24.1 Å². The van der Waals surface area contributed by atoms with Crippen LogP contribution in [-0.4, -0.2) is 24.1 Å². The summed E-state index contributed by atoms with van der Waals surface area (Å²) < 4.78 is 11.6. The van der Waals surface area contributed by atoms with E-state index in [0.29, 0.717) is 19.7 Å². The van der Waals surface area contributed by atoms with Gasteiger partial charge in [0.25, 0.3) is 0 Å². The number of nitrogens with zero attached hydrogens (tertiary/aromatic N) is 1. The van der Waals surface area contributed by atoms with Gasteiger partial charge in [0.05, 0.1) is 13.2 Å². The van der Waals surface area contributed by atoms with Crippen molar-refractivity contribution < 1.29 is 14.3 Å². The standard InChI is InChI=1S/C19H19NO3/c1-2-22-18(21)20-12-15-8-3-5-9-16(15)19(13-20)11-14-7-4-6-10-17(14)23-19/h3-10H,2,11-13H2,1H3. The van der Waals surface area contributed by atoms with E-state index in [4.69, 9.17) is 9.47 Å². The van der Waals surface area contributed by atoms with Crippen molar-refractivity contribution in [3.05, 3.63) is 65.2 Å². The molecule has 0 fully saturated rings. The van der Waals surface area contributed by atoms with Gasteiger partial charge in [0.15, 0.2) is 5.60 Å². The van der Waals surface area contributed by atoms with Crippen LogP contribution < -0.4 is 4.74 Å². The number of benzene rings is 2. The van der Waals surface area contributed by atoms with E-state index >= 15 is 0 Å². The Morgan fingerprint density at radius 3 is 2.70 bits per heavy atom. The third-order valence-corrected chi connectivity index (χ3v) is 4.60. The van der Waals surface area contributed by atoms with Crippen molar-refractivity contribution in [3.63, 3.8) is 0 Å². The van der Waals surface area contributed by atoms with Gasteiger partial charge in [-0.3, -0.25) is 4.90 Å². The van der Waals surface area contributed by atoms with E-state index in [-0.39, 0.29) is 6.09 Å². The van der Waals surface area contributed by atoms with E-state index in [9.17, 15) is 4.79 Å². The number of fused-ring (bicyclic) bond motifs is 3. The molecule has 2 aromatic carbocycles. The zero-order valence-corrected chi connectivity index (χ0v) is 13.1. The van der Waals surface area contributed by atoms with Gasteiger partial charge in [-0.15, -0.1) is 0 Å². The van der Waals surface area contributed by atoms with Gasteiger partial charge in [-0.1, -0.05) is 42.5 Å². The molecule has 1 atom stereocenters. The first-order chi connectivity index (χ1) is 11.2. The number of carbonyl (C=O) groups is 1. The molecular formula is C19H19NO3. The summed E-state index contributed by atoms with van der Waals surface area (Å²) in [5, 5.41) is 0. The molecule has 118 valence electrons. The molecule has 1 amide bonds. The second-order valence-electron chi connectivity index (χ2n) is 6.09. The van der Waals surface area contributed by atoms with Crippen LogP contribution in [0.3, 0.4) is 0 Å². The Morgan fingerprint density at radius 2 is 1.91 bits per heavy atom. The molecule has 0 radical (unpaired) electrons. The SMILES string of the molecule is CCOC(=O)N1Cc2ccccc2C2(Cc3ccccc3O2)C1. The molecule has 2 aromatic rings. The van der Waals surface area contributed by atoms with Gasteiger partial charge < -0.3 is 9.47 Å². The lowest BCUT2D eigenvalue weighted by molar-refractivity contribution is 0.0195. The van der Waals surface area contributed by atoms with Crippen molar-refractivity contribution in [2.24, 2.45) is 0 Å². The first-order valence-electron chi connectivity index (χ1n) is 7.99. The molecule has 4 rings (SSSR count). The predicted molar refractivity (Wildman–Crippen MR) is 86.3 cm³/mol. The van der Waals surface area contributed by atoms with Crippen LogP contribution >= 0.6 is 0 Å². The van der Waals surface area contributed by atoms with Gasteiger partial charge in [-0.25, -0.2) is 4.79 Å². The first-order valence-corrected chi connectivity index (χ1v) is 7.99. The monoisotopic (exact) mass is 309 g/mol.